The maximum atomic E-state index is 12.8. The van der Waals surface area contributed by atoms with Gasteiger partial charge in [0.15, 0.2) is 27.3 Å². The molecule has 0 saturated heterocycles. The Morgan fingerprint density at radius 1 is 1.13 bits per heavy atom. The molecule has 0 unspecified atom stereocenters. The van der Waals surface area contributed by atoms with E-state index in [4.69, 9.17) is 24.2 Å². The molecule has 4 rings (SSSR count). The lowest BCUT2D eigenvalue weighted by Crippen LogP contribution is -2.23. The summed E-state index contributed by atoms with van der Waals surface area (Å²) in [5.41, 5.74) is 2.35. The van der Waals surface area contributed by atoms with E-state index in [0.29, 0.717) is 49.0 Å². The van der Waals surface area contributed by atoms with E-state index >= 15 is 0 Å². The number of para-hydroxylation sites is 1. The first-order valence-corrected chi connectivity index (χ1v) is 22.1. The predicted octanol–water partition coefficient (Wildman–Crippen LogP) is 7.52. The highest BCUT2D eigenvalue weighted by molar-refractivity contribution is 14.1. The monoisotopic (exact) mass is 782 g/mol. The van der Waals surface area contributed by atoms with Gasteiger partial charge in [0, 0.05) is 39.8 Å². The molecule has 3 aromatic heterocycles. The molecule has 244 valence electrons. The van der Waals surface area contributed by atoms with Gasteiger partial charge in [-0.25, -0.2) is 9.78 Å². The molecule has 0 aliphatic heterocycles. The van der Waals surface area contributed by atoms with Crippen LogP contribution in [0.1, 0.15) is 40.7 Å². The Hall–Kier alpha value is -2.24. The van der Waals surface area contributed by atoms with Crippen molar-refractivity contribution in [2.75, 3.05) is 42.8 Å². The SMILES string of the molecule is CCOC(=O)c1nc(N(CCCOC)c2cc(C)c(/N=c3\sc4ccccc4n3COCC[Si](C)(C)C)nn2)sc1CCCI. The smallest absolute Gasteiger partial charge is 0.358 e. The van der Waals surface area contributed by atoms with Gasteiger partial charge in [-0.15, -0.1) is 21.5 Å². The fourth-order valence-corrected chi connectivity index (χ4v) is 7.73. The molecule has 45 heavy (non-hydrogen) atoms. The van der Waals surface area contributed by atoms with Crippen molar-refractivity contribution in [2.45, 2.75) is 65.5 Å². The molecule has 14 heteroatoms. The second-order valence-electron chi connectivity index (χ2n) is 11.7. The summed E-state index contributed by atoms with van der Waals surface area (Å²) >= 11 is 5.47. The summed E-state index contributed by atoms with van der Waals surface area (Å²) in [6.45, 7) is 13.5. The lowest BCUT2D eigenvalue weighted by molar-refractivity contribution is 0.0519. The van der Waals surface area contributed by atoms with Gasteiger partial charge in [-0.2, -0.15) is 4.99 Å². The minimum absolute atomic E-state index is 0.301. The molecule has 0 radical (unpaired) electrons. The van der Waals surface area contributed by atoms with Crippen LogP contribution in [0.4, 0.5) is 16.8 Å². The van der Waals surface area contributed by atoms with Crippen molar-refractivity contribution >= 4 is 86.3 Å². The number of rotatable bonds is 17. The van der Waals surface area contributed by atoms with Gasteiger partial charge in [-0.3, -0.25) is 4.57 Å². The molecule has 10 nitrogen and oxygen atoms in total. The Kier molecular flexibility index (Phi) is 13.5. The number of aryl methyl sites for hydroxylation is 2. The average Bonchev–Trinajstić information content (AvgIpc) is 3.58. The number of carbonyl (C=O) groups is 1. The minimum atomic E-state index is -1.19. The molecule has 4 aromatic rings. The number of aromatic nitrogens is 4. The third-order valence-electron chi connectivity index (χ3n) is 6.88. The number of ether oxygens (including phenoxy) is 3. The lowest BCUT2D eigenvalue weighted by Gasteiger charge is -2.20. The number of hydrogen-bond donors (Lipinski definition) is 0. The molecule has 0 aliphatic rings. The van der Waals surface area contributed by atoms with Crippen LogP contribution < -0.4 is 9.70 Å². The normalized spacial score (nSPS) is 12.3. The summed E-state index contributed by atoms with van der Waals surface area (Å²) in [5, 5.41) is 9.89. The van der Waals surface area contributed by atoms with Gasteiger partial charge in [0.2, 0.25) is 0 Å². The zero-order valence-corrected chi connectivity index (χ0v) is 31.8. The quantitative estimate of drug-likeness (QED) is 0.0357. The molecule has 0 atom stereocenters. The lowest BCUT2D eigenvalue weighted by atomic mass is 10.2. The second-order valence-corrected chi connectivity index (χ2v) is 20.5. The Labute approximate surface area is 288 Å². The second kappa shape index (κ2) is 17.1. The van der Waals surface area contributed by atoms with Crippen molar-refractivity contribution in [1.29, 1.82) is 0 Å². The first-order chi connectivity index (χ1) is 21.6. The van der Waals surface area contributed by atoms with Crippen LogP contribution in [0, 0.1) is 6.92 Å². The molecular formula is C31H43IN6O4S2Si. The Balaban J connectivity index is 1.69. The van der Waals surface area contributed by atoms with Gasteiger partial charge in [0.05, 0.1) is 16.8 Å². The Morgan fingerprint density at radius 2 is 1.93 bits per heavy atom. The predicted molar refractivity (Wildman–Crippen MR) is 195 cm³/mol. The van der Waals surface area contributed by atoms with Crippen LogP contribution in [0.2, 0.25) is 25.7 Å². The molecule has 0 spiro atoms. The van der Waals surface area contributed by atoms with Crippen molar-refractivity contribution < 1.29 is 19.0 Å². The average molecular weight is 783 g/mol. The summed E-state index contributed by atoms with van der Waals surface area (Å²) in [6, 6.07) is 11.4. The maximum Gasteiger partial charge on any atom is 0.358 e. The number of benzene rings is 1. The van der Waals surface area contributed by atoms with Crippen LogP contribution in [0.5, 0.6) is 0 Å². The Bertz CT molecular complexity index is 1630. The third-order valence-corrected chi connectivity index (χ3v) is 11.5. The zero-order chi connectivity index (χ0) is 32.4. The van der Waals surface area contributed by atoms with Crippen LogP contribution in [0.3, 0.4) is 0 Å². The summed E-state index contributed by atoms with van der Waals surface area (Å²) in [4.78, 5) is 26.3. The number of anilines is 2. The number of carbonyl (C=O) groups excluding carboxylic acids is 1. The number of alkyl halides is 1. The zero-order valence-electron chi connectivity index (χ0n) is 27.0. The number of hydrogen-bond acceptors (Lipinski definition) is 11. The fraction of sp³-hybridized carbons (Fsp3) is 0.516. The summed E-state index contributed by atoms with van der Waals surface area (Å²) in [6.07, 6.45) is 2.47. The molecule has 1 aromatic carbocycles. The first kappa shape index (κ1) is 35.6. The van der Waals surface area contributed by atoms with Gasteiger partial charge >= 0.3 is 5.97 Å². The van der Waals surface area contributed by atoms with Gasteiger partial charge in [0.25, 0.3) is 0 Å². The number of esters is 1. The fourth-order valence-electron chi connectivity index (χ4n) is 4.45. The van der Waals surface area contributed by atoms with Crippen molar-refractivity contribution in [1.82, 2.24) is 19.7 Å². The molecule has 0 N–H and O–H groups in total. The number of fused-ring (bicyclic) bond motifs is 1. The molecule has 0 saturated carbocycles. The minimum Gasteiger partial charge on any atom is -0.461 e. The molecule has 0 fully saturated rings. The van der Waals surface area contributed by atoms with Crippen molar-refractivity contribution in [3.63, 3.8) is 0 Å². The highest BCUT2D eigenvalue weighted by Crippen LogP contribution is 2.33. The van der Waals surface area contributed by atoms with Crippen LogP contribution in [0.25, 0.3) is 10.2 Å². The molecular weight excluding hydrogens is 740 g/mol. The van der Waals surface area contributed by atoms with Crippen LogP contribution in [0.15, 0.2) is 35.3 Å². The summed E-state index contributed by atoms with van der Waals surface area (Å²) in [7, 11) is 0.493. The standard InChI is InChI=1S/C31H43IN6O4S2Si/c1-7-42-29(39)27-25(14-10-15-32)44-30(33-27)37(16-11-17-40-3)26-20-22(2)28(36-35-26)34-31-38(21-41-18-19-45(4,5)6)23-12-8-9-13-24(23)43-31/h8-9,12-13,20H,7,10-11,14-19,21H2,1-6H3/b34-31-. The van der Waals surface area contributed by atoms with Gasteiger partial charge in [0.1, 0.15) is 6.73 Å². The van der Waals surface area contributed by atoms with Crippen LogP contribution in [-0.4, -0.2) is 71.7 Å². The first-order valence-electron chi connectivity index (χ1n) is 15.2. The van der Waals surface area contributed by atoms with Crippen LogP contribution >= 0.6 is 45.3 Å². The van der Waals surface area contributed by atoms with E-state index in [0.717, 1.165) is 61.8 Å². The van der Waals surface area contributed by atoms with E-state index in [9.17, 15) is 4.79 Å². The van der Waals surface area contributed by atoms with E-state index in [1.54, 1.807) is 25.4 Å². The van der Waals surface area contributed by atoms with Crippen LogP contribution in [-0.2, 0) is 27.4 Å². The molecule has 0 amide bonds. The van der Waals surface area contributed by atoms with Gasteiger partial charge < -0.3 is 19.1 Å². The van der Waals surface area contributed by atoms with E-state index in [2.05, 4.69) is 69.1 Å². The number of thiazole rings is 2. The largest absolute Gasteiger partial charge is 0.461 e. The van der Waals surface area contributed by atoms with E-state index < -0.39 is 14.0 Å². The van der Waals surface area contributed by atoms with E-state index in [1.807, 2.05) is 30.0 Å². The highest BCUT2D eigenvalue weighted by Gasteiger charge is 2.24. The van der Waals surface area contributed by atoms with Gasteiger partial charge in [-0.1, -0.05) is 65.7 Å². The van der Waals surface area contributed by atoms with E-state index in [-0.39, 0.29) is 0 Å². The summed E-state index contributed by atoms with van der Waals surface area (Å²) < 4.78 is 21.0. The van der Waals surface area contributed by atoms with E-state index in [1.165, 1.54) is 11.3 Å². The maximum absolute atomic E-state index is 12.8. The molecule has 3 heterocycles. The molecule has 0 aliphatic carbocycles. The number of methoxy groups -OCH3 is 1. The third kappa shape index (κ3) is 9.87. The molecule has 0 bridgehead atoms. The number of nitrogens with zero attached hydrogens (tertiary/aromatic N) is 6. The van der Waals surface area contributed by atoms with Crippen molar-refractivity contribution in [3.05, 3.63) is 51.3 Å². The van der Waals surface area contributed by atoms with Gasteiger partial charge in [-0.05, 0) is 67.3 Å². The van der Waals surface area contributed by atoms with Crippen molar-refractivity contribution in [3.8, 4) is 0 Å². The number of halogens is 1. The Morgan fingerprint density at radius 3 is 2.64 bits per heavy atom. The highest BCUT2D eigenvalue weighted by atomic mass is 127. The summed E-state index contributed by atoms with van der Waals surface area (Å²) in [5.74, 6) is 0.802. The van der Waals surface area contributed by atoms with Crippen molar-refractivity contribution in [2.24, 2.45) is 4.99 Å². The topological polar surface area (TPSA) is 104 Å².